The lowest BCUT2D eigenvalue weighted by Gasteiger charge is -2.07. The van der Waals surface area contributed by atoms with Gasteiger partial charge in [-0.2, -0.15) is 0 Å². The van der Waals surface area contributed by atoms with Gasteiger partial charge in [0.25, 0.3) is 0 Å². The minimum absolute atomic E-state index is 0.0114. The molecule has 0 amide bonds. The molecule has 1 heterocycles. The average Bonchev–Trinajstić information content (AvgIpc) is 2.86. The van der Waals surface area contributed by atoms with E-state index in [1.807, 2.05) is 41.1 Å². The quantitative estimate of drug-likeness (QED) is 0.793. The van der Waals surface area contributed by atoms with Gasteiger partial charge in [0.1, 0.15) is 0 Å². The van der Waals surface area contributed by atoms with Crippen molar-refractivity contribution < 1.29 is 4.79 Å². The van der Waals surface area contributed by atoms with Crippen molar-refractivity contribution in [2.45, 2.75) is 19.9 Å². The Balaban J connectivity index is 1.97. The van der Waals surface area contributed by atoms with Crippen molar-refractivity contribution in [2.24, 2.45) is 0 Å². The number of anilines is 1. The van der Waals surface area contributed by atoms with Crippen LogP contribution in [0.2, 0.25) is 0 Å². The lowest BCUT2D eigenvalue weighted by atomic mass is 10.3. The second kappa shape index (κ2) is 6.00. The largest absolute Gasteiger partial charge is 0.377 e. The summed E-state index contributed by atoms with van der Waals surface area (Å²) in [5, 5.41) is 3.10. The number of imidazole rings is 1. The molecule has 1 aromatic carbocycles. The summed E-state index contributed by atoms with van der Waals surface area (Å²) in [6, 6.07) is 9.69. The molecule has 0 aliphatic heterocycles. The summed E-state index contributed by atoms with van der Waals surface area (Å²) in [6.45, 7) is 3.17. The third-order valence-corrected chi connectivity index (χ3v) is 2.66. The molecule has 0 bridgehead atoms. The number of hydrogen-bond donors (Lipinski definition) is 1. The molecule has 1 N–H and O–H groups in total. The molecule has 0 aliphatic carbocycles. The highest BCUT2D eigenvalue weighted by atomic mass is 16.1. The van der Waals surface area contributed by atoms with Crippen molar-refractivity contribution in [3.8, 4) is 0 Å². The lowest BCUT2D eigenvalue weighted by Crippen LogP contribution is -2.18. The topological polar surface area (TPSA) is 46.9 Å². The summed E-state index contributed by atoms with van der Waals surface area (Å²) in [5.41, 5.74) is 0.944. The third kappa shape index (κ3) is 2.97. The third-order valence-electron chi connectivity index (χ3n) is 2.66. The number of carbonyl (C=O) groups is 1. The van der Waals surface area contributed by atoms with Crippen LogP contribution in [0, 0.1) is 0 Å². The Kier molecular flexibility index (Phi) is 4.12. The van der Waals surface area contributed by atoms with Crippen LogP contribution in [0.25, 0.3) is 0 Å². The number of nitrogens with zero attached hydrogens (tertiary/aromatic N) is 2. The second-order valence-corrected chi connectivity index (χ2v) is 4.09. The SMILES string of the molecule is CCCn1ccnc1C(=O)CNc1ccccc1. The van der Waals surface area contributed by atoms with Gasteiger partial charge in [-0.1, -0.05) is 25.1 Å². The molecule has 4 heteroatoms. The number of nitrogens with one attached hydrogen (secondary N) is 1. The number of benzene rings is 1. The molecule has 4 nitrogen and oxygen atoms in total. The van der Waals surface area contributed by atoms with Crippen LogP contribution in [0.1, 0.15) is 24.0 Å². The highest BCUT2D eigenvalue weighted by Crippen LogP contribution is 2.06. The molecule has 0 aliphatic rings. The maximum atomic E-state index is 12.0. The van der Waals surface area contributed by atoms with Crippen LogP contribution in [0.15, 0.2) is 42.7 Å². The molecule has 0 unspecified atom stereocenters. The van der Waals surface area contributed by atoms with Gasteiger partial charge < -0.3 is 9.88 Å². The Bertz CT molecular complexity index is 505. The van der Waals surface area contributed by atoms with E-state index in [1.54, 1.807) is 6.20 Å². The number of aromatic nitrogens is 2. The first-order valence-electron chi connectivity index (χ1n) is 6.14. The van der Waals surface area contributed by atoms with Gasteiger partial charge in [-0.25, -0.2) is 4.98 Å². The van der Waals surface area contributed by atoms with E-state index in [2.05, 4.69) is 17.2 Å². The number of rotatable bonds is 6. The van der Waals surface area contributed by atoms with Crippen LogP contribution in [-0.2, 0) is 6.54 Å². The zero-order valence-electron chi connectivity index (χ0n) is 10.5. The van der Waals surface area contributed by atoms with Gasteiger partial charge in [0.2, 0.25) is 5.78 Å². The van der Waals surface area contributed by atoms with E-state index in [-0.39, 0.29) is 12.3 Å². The van der Waals surface area contributed by atoms with E-state index >= 15 is 0 Å². The van der Waals surface area contributed by atoms with Gasteiger partial charge in [0.15, 0.2) is 5.82 Å². The molecule has 18 heavy (non-hydrogen) atoms. The fourth-order valence-electron chi connectivity index (χ4n) is 1.80. The first-order valence-corrected chi connectivity index (χ1v) is 6.14. The van der Waals surface area contributed by atoms with Crippen LogP contribution in [0.5, 0.6) is 0 Å². The van der Waals surface area contributed by atoms with Gasteiger partial charge in [0, 0.05) is 24.6 Å². The minimum atomic E-state index is 0.0114. The number of ketones is 1. The molecule has 0 atom stereocenters. The molecular weight excluding hydrogens is 226 g/mol. The van der Waals surface area contributed by atoms with Gasteiger partial charge in [-0.15, -0.1) is 0 Å². The number of para-hydroxylation sites is 1. The van der Waals surface area contributed by atoms with Gasteiger partial charge in [0.05, 0.1) is 6.54 Å². The highest BCUT2D eigenvalue weighted by molar-refractivity contribution is 5.96. The Labute approximate surface area is 107 Å². The Hall–Kier alpha value is -2.10. The van der Waals surface area contributed by atoms with Crippen molar-refractivity contribution in [1.29, 1.82) is 0 Å². The fourth-order valence-corrected chi connectivity index (χ4v) is 1.80. The van der Waals surface area contributed by atoms with Gasteiger partial charge in [-0.05, 0) is 18.6 Å². The van der Waals surface area contributed by atoms with Crippen molar-refractivity contribution >= 4 is 11.5 Å². The van der Waals surface area contributed by atoms with E-state index in [9.17, 15) is 4.79 Å². The lowest BCUT2D eigenvalue weighted by molar-refractivity contribution is 0.0992. The Morgan fingerprint density at radius 2 is 2.11 bits per heavy atom. The van der Waals surface area contributed by atoms with E-state index in [0.29, 0.717) is 5.82 Å². The predicted octanol–water partition coefficient (Wildman–Crippen LogP) is 2.59. The van der Waals surface area contributed by atoms with Crippen LogP contribution in [0.3, 0.4) is 0 Å². The highest BCUT2D eigenvalue weighted by Gasteiger charge is 2.11. The van der Waals surface area contributed by atoms with Crippen molar-refractivity contribution in [2.75, 3.05) is 11.9 Å². The normalized spacial score (nSPS) is 10.3. The molecule has 0 fully saturated rings. The molecule has 2 rings (SSSR count). The summed E-state index contributed by atoms with van der Waals surface area (Å²) in [4.78, 5) is 16.1. The zero-order chi connectivity index (χ0) is 12.8. The molecule has 0 saturated carbocycles. The summed E-state index contributed by atoms with van der Waals surface area (Å²) < 4.78 is 1.90. The summed E-state index contributed by atoms with van der Waals surface area (Å²) in [6.07, 6.45) is 4.51. The zero-order valence-corrected chi connectivity index (χ0v) is 10.5. The van der Waals surface area contributed by atoms with Gasteiger partial charge in [-0.3, -0.25) is 4.79 Å². The molecule has 1 aromatic heterocycles. The van der Waals surface area contributed by atoms with Crippen molar-refractivity contribution in [1.82, 2.24) is 9.55 Å². The molecule has 2 aromatic rings. The van der Waals surface area contributed by atoms with Gasteiger partial charge >= 0.3 is 0 Å². The first kappa shape index (κ1) is 12.4. The average molecular weight is 243 g/mol. The second-order valence-electron chi connectivity index (χ2n) is 4.09. The van der Waals surface area contributed by atoms with Crippen LogP contribution >= 0.6 is 0 Å². The molecule has 0 radical (unpaired) electrons. The maximum Gasteiger partial charge on any atom is 0.217 e. The van der Waals surface area contributed by atoms with Crippen LogP contribution < -0.4 is 5.32 Å². The number of hydrogen-bond acceptors (Lipinski definition) is 3. The Morgan fingerprint density at radius 3 is 2.83 bits per heavy atom. The van der Waals surface area contributed by atoms with Crippen molar-refractivity contribution in [3.05, 3.63) is 48.5 Å². The monoisotopic (exact) mass is 243 g/mol. The molecular formula is C14H17N3O. The van der Waals surface area contributed by atoms with E-state index in [1.165, 1.54) is 0 Å². The number of carbonyl (C=O) groups excluding carboxylic acids is 1. The summed E-state index contributed by atoms with van der Waals surface area (Å²) >= 11 is 0. The molecule has 0 spiro atoms. The maximum absolute atomic E-state index is 12.0. The molecule has 0 saturated heterocycles. The first-order chi connectivity index (χ1) is 8.81. The van der Waals surface area contributed by atoms with E-state index < -0.39 is 0 Å². The number of Topliss-reactive ketones (excluding diaryl/α,β-unsaturated/α-hetero) is 1. The van der Waals surface area contributed by atoms with Crippen molar-refractivity contribution in [3.63, 3.8) is 0 Å². The molecule has 94 valence electrons. The van der Waals surface area contributed by atoms with E-state index in [0.717, 1.165) is 18.7 Å². The van der Waals surface area contributed by atoms with E-state index in [4.69, 9.17) is 0 Å². The Morgan fingerprint density at radius 1 is 1.33 bits per heavy atom. The van der Waals surface area contributed by atoms with Crippen LogP contribution in [-0.4, -0.2) is 21.9 Å². The fraction of sp³-hybridized carbons (Fsp3) is 0.286. The predicted molar refractivity (Wildman–Crippen MR) is 71.8 cm³/mol. The summed E-state index contributed by atoms with van der Waals surface area (Å²) in [5.74, 6) is 0.539. The minimum Gasteiger partial charge on any atom is -0.377 e. The van der Waals surface area contributed by atoms with Crippen LogP contribution in [0.4, 0.5) is 5.69 Å². The standard InChI is InChI=1S/C14H17N3O/c1-2-9-17-10-8-15-14(17)13(18)11-16-12-6-4-3-5-7-12/h3-8,10,16H,2,9,11H2,1H3. The smallest absolute Gasteiger partial charge is 0.217 e. The number of aryl methyl sites for hydroxylation is 1. The summed E-state index contributed by atoms with van der Waals surface area (Å²) in [7, 11) is 0.